The monoisotopic (exact) mass is 846 g/mol. The van der Waals surface area contributed by atoms with Gasteiger partial charge in [-0.25, -0.2) is 9.97 Å². The van der Waals surface area contributed by atoms with E-state index in [-0.39, 0.29) is 5.92 Å². The molecule has 0 N–H and O–H groups in total. The lowest BCUT2D eigenvalue weighted by Gasteiger charge is -2.19. The predicted molar refractivity (Wildman–Crippen MR) is 275 cm³/mol. The van der Waals surface area contributed by atoms with Crippen LogP contribution in [0.2, 0.25) is 0 Å². The van der Waals surface area contributed by atoms with E-state index < -0.39 is 0 Å². The molecule has 13 aromatic rings. The van der Waals surface area contributed by atoms with Crippen molar-refractivity contribution >= 4 is 109 Å². The Bertz CT molecular complexity index is 4290. The Labute approximate surface area is 377 Å². The minimum absolute atomic E-state index is 0.228. The summed E-state index contributed by atoms with van der Waals surface area (Å²) in [7, 11) is 0. The van der Waals surface area contributed by atoms with Crippen LogP contribution in [0.3, 0.4) is 0 Å². The van der Waals surface area contributed by atoms with Gasteiger partial charge in [0, 0.05) is 47.5 Å². The fourth-order valence-corrected chi connectivity index (χ4v) is 12.3. The maximum absolute atomic E-state index is 7.18. The lowest BCUT2D eigenvalue weighted by atomic mass is 9.87. The molecule has 4 heteroatoms. The third-order valence-corrected chi connectivity index (χ3v) is 15.2. The largest absolute Gasteiger partial charge is 0.455 e. The second-order valence-electron chi connectivity index (χ2n) is 17.6. The van der Waals surface area contributed by atoms with Crippen LogP contribution in [-0.2, 0) is 0 Å². The first-order valence-corrected chi connectivity index (χ1v) is 23.3. The van der Waals surface area contributed by atoms with E-state index >= 15 is 0 Å². The Kier molecular flexibility index (Phi) is 7.90. The SMILES string of the molecule is CC1CC=c2c(sc3c2ccc2ccccc23)=C1c1nc(-c2ccccc2)cc(-c2ccccc2-c2cc3c4ccccc4c4ccccc4c3c3oc4cc5ccccc5cc4c23)n1. The molecule has 0 fully saturated rings. The van der Waals surface area contributed by atoms with E-state index in [0.717, 1.165) is 78.6 Å². The molecular weight excluding hydrogens is 809 g/mol. The second kappa shape index (κ2) is 14.0. The van der Waals surface area contributed by atoms with Crippen molar-refractivity contribution in [1.29, 1.82) is 0 Å². The molecule has 65 heavy (non-hydrogen) atoms. The zero-order valence-electron chi connectivity index (χ0n) is 35.5. The minimum Gasteiger partial charge on any atom is -0.455 e. The summed E-state index contributed by atoms with van der Waals surface area (Å²) >= 11 is 1.89. The van der Waals surface area contributed by atoms with Gasteiger partial charge in [0.25, 0.3) is 0 Å². The lowest BCUT2D eigenvalue weighted by molar-refractivity contribution is 0.673. The van der Waals surface area contributed by atoms with E-state index in [1.54, 1.807) is 0 Å². The number of fused-ring (bicyclic) bond motifs is 16. The Balaban J connectivity index is 1.10. The van der Waals surface area contributed by atoms with E-state index in [1.807, 2.05) is 11.3 Å². The number of nitrogens with zero attached hydrogens (tertiary/aromatic N) is 2. The molecular formula is C61H38N2OS. The Morgan fingerprint density at radius 2 is 1.11 bits per heavy atom. The highest BCUT2D eigenvalue weighted by Crippen LogP contribution is 2.48. The summed E-state index contributed by atoms with van der Waals surface area (Å²) in [6.07, 6.45) is 3.36. The fraction of sp³-hybridized carbons (Fsp3) is 0.0492. The molecule has 1 aliphatic rings. The molecule has 1 aliphatic carbocycles. The van der Waals surface area contributed by atoms with Crippen molar-refractivity contribution in [1.82, 2.24) is 9.97 Å². The van der Waals surface area contributed by atoms with Crippen LogP contribution in [0.1, 0.15) is 19.2 Å². The van der Waals surface area contributed by atoms with Crippen LogP contribution < -0.4 is 9.75 Å². The molecule has 304 valence electrons. The highest BCUT2D eigenvalue weighted by atomic mass is 32.1. The van der Waals surface area contributed by atoms with E-state index in [9.17, 15) is 0 Å². The van der Waals surface area contributed by atoms with Gasteiger partial charge in [-0.1, -0.05) is 177 Å². The van der Waals surface area contributed by atoms with Crippen LogP contribution in [-0.4, -0.2) is 9.97 Å². The van der Waals surface area contributed by atoms with Gasteiger partial charge >= 0.3 is 0 Å². The molecule has 0 radical (unpaired) electrons. The molecule has 0 saturated heterocycles. The summed E-state index contributed by atoms with van der Waals surface area (Å²) in [6.45, 7) is 2.33. The third kappa shape index (κ3) is 5.48. The van der Waals surface area contributed by atoms with Gasteiger partial charge in [0.05, 0.1) is 11.4 Å². The van der Waals surface area contributed by atoms with Crippen LogP contribution in [0.15, 0.2) is 192 Å². The molecule has 3 nitrogen and oxygen atoms in total. The summed E-state index contributed by atoms with van der Waals surface area (Å²) in [5, 5.41) is 16.9. The number of benzene rings is 10. The average Bonchev–Trinajstić information content (AvgIpc) is 3.94. The Hall–Kier alpha value is -7.92. The standard InChI is InChI=1S/C61H38N2OS/c1-35-27-29-48-47-30-28-36-15-7-8-20-40(36)59(47)65-60(48)55(35)61-62-52(37-16-3-2-4-17-37)34-53(63-61)45-25-13-11-24-44(45)50-33-49-43-23-10-9-21-41(43)42-22-12-14-26-46(42)56(49)58-57(50)51-31-38-18-5-6-19-39(38)32-54(51)64-58/h2-26,28-35H,27H2,1H3. The van der Waals surface area contributed by atoms with Crippen molar-refractivity contribution in [3.05, 3.63) is 204 Å². The molecule has 14 rings (SSSR count). The molecule has 0 amide bonds. The van der Waals surface area contributed by atoms with Crippen molar-refractivity contribution in [2.45, 2.75) is 13.3 Å². The number of aromatic nitrogens is 2. The zero-order valence-corrected chi connectivity index (χ0v) is 36.3. The third-order valence-electron chi connectivity index (χ3n) is 13.9. The minimum atomic E-state index is 0.228. The predicted octanol–water partition coefficient (Wildman–Crippen LogP) is 15.4. The van der Waals surface area contributed by atoms with Crippen molar-refractivity contribution in [3.63, 3.8) is 0 Å². The van der Waals surface area contributed by atoms with Gasteiger partial charge in [0.1, 0.15) is 11.2 Å². The molecule has 3 aromatic heterocycles. The maximum Gasteiger partial charge on any atom is 0.158 e. The van der Waals surface area contributed by atoms with Crippen molar-refractivity contribution in [3.8, 4) is 33.6 Å². The lowest BCUT2D eigenvalue weighted by Crippen LogP contribution is -2.29. The van der Waals surface area contributed by atoms with Crippen LogP contribution in [0.5, 0.6) is 0 Å². The number of thiophene rings is 1. The van der Waals surface area contributed by atoms with Gasteiger partial charge < -0.3 is 4.42 Å². The summed E-state index contributed by atoms with van der Waals surface area (Å²) < 4.78 is 9.77. The second-order valence-corrected chi connectivity index (χ2v) is 18.6. The average molecular weight is 847 g/mol. The van der Waals surface area contributed by atoms with Crippen molar-refractivity contribution < 1.29 is 4.42 Å². The van der Waals surface area contributed by atoms with Gasteiger partial charge in [-0.2, -0.15) is 0 Å². The zero-order chi connectivity index (χ0) is 42.8. The van der Waals surface area contributed by atoms with E-state index in [0.29, 0.717) is 0 Å². The van der Waals surface area contributed by atoms with E-state index in [4.69, 9.17) is 14.4 Å². The van der Waals surface area contributed by atoms with Gasteiger partial charge in [-0.3, -0.25) is 0 Å². The number of hydrogen-bond donors (Lipinski definition) is 0. The van der Waals surface area contributed by atoms with E-state index in [1.165, 1.54) is 68.5 Å². The normalized spacial score (nSPS) is 14.1. The summed E-state index contributed by atoms with van der Waals surface area (Å²) in [5.41, 5.74) is 9.12. The van der Waals surface area contributed by atoms with Crippen molar-refractivity contribution in [2.75, 3.05) is 0 Å². The number of furan rings is 1. The summed E-state index contributed by atoms with van der Waals surface area (Å²) in [6, 6.07) is 68.0. The quantitative estimate of drug-likeness (QED) is 0.166. The highest BCUT2D eigenvalue weighted by molar-refractivity contribution is 7.18. The van der Waals surface area contributed by atoms with Crippen LogP contribution in [0.4, 0.5) is 0 Å². The molecule has 0 saturated carbocycles. The first kappa shape index (κ1) is 36.6. The first-order chi connectivity index (χ1) is 32.1. The summed E-state index contributed by atoms with van der Waals surface area (Å²) in [5.74, 6) is 1.02. The highest BCUT2D eigenvalue weighted by Gasteiger charge is 2.26. The van der Waals surface area contributed by atoms with Crippen molar-refractivity contribution in [2.24, 2.45) is 5.92 Å². The van der Waals surface area contributed by atoms with E-state index in [2.05, 4.69) is 201 Å². The fourth-order valence-electron chi connectivity index (χ4n) is 10.8. The molecule has 1 unspecified atom stereocenters. The molecule has 0 bridgehead atoms. The van der Waals surface area contributed by atoms with Crippen LogP contribution in [0, 0.1) is 5.92 Å². The smallest absolute Gasteiger partial charge is 0.158 e. The van der Waals surface area contributed by atoms with Gasteiger partial charge in [0.2, 0.25) is 0 Å². The van der Waals surface area contributed by atoms with Crippen LogP contribution in [0.25, 0.3) is 131 Å². The molecule has 0 aliphatic heterocycles. The number of hydrogen-bond acceptors (Lipinski definition) is 4. The molecule has 3 heterocycles. The van der Waals surface area contributed by atoms with Gasteiger partial charge in [0.15, 0.2) is 5.82 Å². The van der Waals surface area contributed by atoms with Gasteiger partial charge in [-0.15, -0.1) is 11.3 Å². The Morgan fingerprint density at radius 3 is 1.91 bits per heavy atom. The topological polar surface area (TPSA) is 38.9 Å². The molecule has 1 atom stereocenters. The Morgan fingerprint density at radius 1 is 0.477 bits per heavy atom. The molecule has 0 spiro atoms. The van der Waals surface area contributed by atoms with Crippen LogP contribution >= 0.6 is 11.3 Å². The number of rotatable bonds is 4. The molecule has 10 aromatic carbocycles. The first-order valence-electron chi connectivity index (χ1n) is 22.4. The summed E-state index contributed by atoms with van der Waals surface area (Å²) in [4.78, 5) is 11.1. The van der Waals surface area contributed by atoms with Gasteiger partial charge in [-0.05, 0) is 101 Å². The maximum atomic E-state index is 7.18.